The molecule has 0 aliphatic rings. The van der Waals surface area contributed by atoms with Crippen LogP contribution in [0.2, 0.25) is 0 Å². The molecule has 1 amide bonds. The van der Waals surface area contributed by atoms with Crippen LogP contribution in [-0.4, -0.2) is 5.91 Å². The number of furan rings is 2. The number of hydrogen-bond acceptors (Lipinski definition) is 3. The van der Waals surface area contributed by atoms with Crippen LogP contribution in [0, 0.1) is 0 Å². The van der Waals surface area contributed by atoms with E-state index in [4.69, 9.17) is 14.6 Å². The number of benzene rings is 1. The van der Waals surface area contributed by atoms with E-state index in [0.29, 0.717) is 11.3 Å². The average Bonchev–Trinajstić information content (AvgIpc) is 3.10. The van der Waals surface area contributed by atoms with Gasteiger partial charge in [0.1, 0.15) is 11.5 Å². The molecule has 2 N–H and O–H groups in total. The van der Waals surface area contributed by atoms with Crippen molar-refractivity contribution in [3.63, 3.8) is 0 Å². The zero-order valence-electron chi connectivity index (χ0n) is 10.00. The second kappa shape index (κ2) is 4.49. The molecule has 3 aromatic rings. The maximum Gasteiger partial charge on any atom is 0.252 e. The normalized spacial score (nSPS) is 10.5. The van der Waals surface area contributed by atoms with Crippen LogP contribution in [0.15, 0.2) is 63.8 Å². The topological polar surface area (TPSA) is 69.4 Å². The summed E-state index contributed by atoms with van der Waals surface area (Å²) in [6.07, 6.45) is 3.07. The van der Waals surface area contributed by atoms with Crippen molar-refractivity contribution in [2.45, 2.75) is 0 Å². The molecule has 94 valence electrons. The van der Waals surface area contributed by atoms with Crippen LogP contribution < -0.4 is 5.73 Å². The molecule has 0 fully saturated rings. The Morgan fingerprint density at radius 2 is 1.79 bits per heavy atom. The summed E-state index contributed by atoms with van der Waals surface area (Å²) >= 11 is 0. The van der Waals surface area contributed by atoms with Gasteiger partial charge < -0.3 is 14.6 Å². The smallest absolute Gasteiger partial charge is 0.252 e. The molecule has 0 atom stereocenters. The average molecular weight is 253 g/mol. The van der Waals surface area contributed by atoms with E-state index in [-0.39, 0.29) is 0 Å². The number of carbonyl (C=O) groups is 1. The van der Waals surface area contributed by atoms with Gasteiger partial charge in [-0.3, -0.25) is 4.79 Å². The molecule has 3 rings (SSSR count). The summed E-state index contributed by atoms with van der Waals surface area (Å²) in [5.74, 6) is 0.724. The molecule has 2 heterocycles. The second-order valence-corrected chi connectivity index (χ2v) is 4.09. The van der Waals surface area contributed by atoms with Gasteiger partial charge in [0.25, 0.3) is 5.91 Å². The maximum atomic E-state index is 11.3. The number of amides is 1. The van der Waals surface area contributed by atoms with Crippen molar-refractivity contribution in [3.8, 4) is 22.6 Å². The second-order valence-electron chi connectivity index (χ2n) is 4.09. The molecule has 0 spiro atoms. The molecular formula is C15H11NO3. The Morgan fingerprint density at radius 1 is 0.947 bits per heavy atom. The largest absolute Gasteiger partial charge is 0.464 e. The van der Waals surface area contributed by atoms with Crippen molar-refractivity contribution in [2.75, 3.05) is 0 Å². The first kappa shape index (κ1) is 11.3. The van der Waals surface area contributed by atoms with Gasteiger partial charge in [-0.05, 0) is 24.3 Å². The number of hydrogen-bond donors (Lipinski definition) is 1. The molecular weight excluding hydrogens is 242 g/mol. The molecule has 0 unspecified atom stereocenters. The predicted molar refractivity (Wildman–Crippen MR) is 70.4 cm³/mol. The Balaban J connectivity index is 2.09. The van der Waals surface area contributed by atoms with E-state index in [0.717, 1.165) is 16.9 Å². The van der Waals surface area contributed by atoms with Gasteiger partial charge in [-0.15, -0.1) is 0 Å². The first-order valence-electron chi connectivity index (χ1n) is 5.77. The fourth-order valence-corrected chi connectivity index (χ4v) is 1.98. The molecule has 0 bridgehead atoms. The summed E-state index contributed by atoms with van der Waals surface area (Å²) in [6, 6.07) is 12.8. The van der Waals surface area contributed by atoms with Gasteiger partial charge in [-0.2, -0.15) is 0 Å². The highest BCUT2D eigenvalue weighted by Crippen LogP contribution is 2.29. The van der Waals surface area contributed by atoms with Crippen molar-refractivity contribution >= 4 is 5.91 Å². The first-order valence-corrected chi connectivity index (χ1v) is 5.77. The van der Waals surface area contributed by atoms with Crippen LogP contribution in [0.3, 0.4) is 0 Å². The predicted octanol–water partition coefficient (Wildman–Crippen LogP) is 3.31. The molecule has 2 aromatic heterocycles. The van der Waals surface area contributed by atoms with Crippen LogP contribution in [0.25, 0.3) is 22.6 Å². The van der Waals surface area contributed by atoms with Crippen molar-refractivity contribution in [1.29, 1.82) is 0 Å². The van der Waals surface area contributed by atoms with Gasteiger partial charge in [-0.1, -0.05) is 18.2 Å². The van der Waals surface area contributed by atoms with Crippen molar-refractivity contribution in [3.05, 3.63) is 60.6 Å². The summed E-state index contributed by atoms with van der Waals surface area (Å²) < 4.78 is 10.7. The minimum atomic E-state index is -0.507. The van der Waals surface area contributed by atoms with Crippen molar-refractivity contribution < 1.29 is 13.6 Å². The van der Waals surface area contributed by atoms with Crippen molar-refractivity contribution in [2.24, 2.45) is 5.73 Å². The fourth-order valence-electron chi connectivity index (χ4n) is 1.98. The van der Waals surface area contributed by atoms with Crippen LogP contribution >= 0.6 is 0 Å². The van der Waals surface area contributed by atoms with Crippen LogP contribution in [0.1, 0.15) is 10.4 Å². The third kappa shape index (κ3) is 2.04. The van der Waals surface area contributed by atoms with E-state index < -0.39 is 5.91 Å². The molecule has 0 saturated heterocycles. The summed E-state index contributed by atoms with van der Waals surface area (Å²) in [5.41, 5.74) is 7.38. The van der Waals surface area contributed by atoms with Gasteiger partial charge >= 0.3 is 0 Å². The number of primary amides is 1. The van der Waals surface area contributed by atoms with Gasteiger partial charge in [-0.25, -0.2) is 0 Å². The lowest BCUT2D eigenvalue weighted by atomic mass is 10.0. The third-order valence-electron chi connectivity index (χ3n) is 2.86. The Morgan fingerprint density at radius 3 is 2.53 bits per heavy atom. The highest BCUT2D eigenvalue weighted by Gasteiger charge is 2.14. The van der Waals surface area contributed by atoms with Gasteiger partial charge in [0.05, 0.1) is 18.1 Å². The molecule has 4 nitrogen and oxygen atoms in total. The van der Waals surface area contributed by atoms with Gasteiger partial charge in [0.2, 0.25) is 0 Å². The maximum absolute atomic E-state index is 11.3. The number of carbonyl (C=O) groups excluding carboxylic acids is 1. The van der Waals surface area contributed by atoms with Crippen LogP contribution in [-0.2, 0) is 0 Å². The Hall–Kier alpha value is -2.75. The van der Waals surface area contributed by atoms with Gasteiger partial charge in [0, 0.05) is 11.1 Å². The van der Waals surface area contributed by atoms with E-state index >= 15 is 0 Å². The summed E-state index contributed by atoms with van der Waals surface area (Å²) in [7, 11) is 0. The molecule has 1 aromatic carbocycles. The monoisotopic (exact) mass is 253 g/mol. The minimum Gasteiger partial charge on any atom is -0.464 e. The number of rotatable bonds is 3. The van der Waals surface area contributed by atoms with E-state index in [1.54, 1.807) is 12.3 Å². The Bertz CT molecular complexity index is 711. The molecule has 19 heavy (non-hydrogen) atoms. The molecule has 0 radical (unpaired) electrons. The molecule has 0 saturated carbocycles. The van der Waals surface area contributed by atoms with E-state index in [1.807, 2.05) is 36.4 Å². The van der Waals surface area contributed by atoms with E-state index in [9.17, 15) is 4.79 Å². The van der Waals surface area contributed by atoms with Crippen molar-refractivity contribution in [1.82, 2.24) is 0 Å². The minimum absolute atomic E-state index is 0.372. The molecule has 4 heteroatoms. The molecule has 0 aliphatic carbocycles. The Labute approximate surface area is 109 Å². The van der Waals surface area contributed by atoms with E-state index in [2.05, 4.69) is 0 Å². The fraction of sp³-hybridized carbons (Fsp3) is 0. The third-order valence-corrected chi connectivity index (χ3v) is 2.86. The zero-order valence-corrected chi connectivity index (χ0v) is 10.00. The lowest BCUT2D eigenvalue weighted by molar-refractivity contribution is 0.100. The Kier molecular flexibility index (Phi) is 2.68. The lowest BCUT2D eigenvalue weighted by Crippen LogP contribution is -2.10. The van der Waals surface area contributed by atoms with Crippen LogP contribution in [0.4, 0.5) is 0 Å². The highest BCUT2D eigenvalue weighted by molar-refractivity contribution is 5.98. The van der Waals surface area contributed by atoms with Crippen LogP contribution in [0.5, 0.6) is 0 Å². The lowest BCUT2D eigenvalue weighted by Gasteiger charge is -2.02. The summed E-state index contributed by atoms with van der Waals surface area (Å²) in [5, 5.41) is 0. The zero-order chi connectivity index (χ0) is 13.2. The van der Waals surface area contributed by atoms with E-state index in [1.165, 1.54) is 6.26 Å². The number of nitrogens with two attached hydrogens (primary N) is 1. The standard InChI is InChI=1S/C15H11NO3/c16-15(17)12-6-8-19-14(12)11-4-1-3-10(9-11)13-5-2-7-18-13/h1-9H,(H2,16,17). The van der Waals surface area contributed by atoms with Gasteiger partial charge in [0.15, 0.2) is 0 Å². The SMILES string of the molecule is NC(=O)c1ccoc1-c1cccc(-c2ccco2)c1. The first-order chi connectivity index (χ1) is 9.25. The molecule has 0 aliphatic heterocycles. The summed E-state index contributed by atoms with van der Waals surface area (Å²) in [6.45, 7) is 0. The quantitative estimate of drug-likeness (QED) is 0.778. The highest BCUT2D eigenvalue weighted by atomic mass is 16.3. The summed E-state index contributed by atoms with van der Waals surface area (Å²) in [4.78, 5) is 11.3.